The summed E-state index contributed by atoms with van der Waals surface area (Å²) >= 11 is 1.50. The minimum absolute atomic E-state index is 0.0804. The van der Waals surface area contributed by atoms with E-state index in [1.807, 2.05) is 0 Å². The fourth-order valence-corrected chi connectivity index (χ4v) is 2.16. The maximum Gasteiger partial charge on any atom is 0.417 e. The molecule has 0 aliphatic heterocycles. The summed E-state index contributed by atoms with van der Waals surface area (Å²) in [5, 5.41) is 17.4. The van der Waals surface area contributed by atoms with E-state index in [-0.39, 0.29) is 14.7 Å². The van der Waals surface area contributed by atoms with E-state index in [4.69, 9.17) is 10.4 Å². The molecule has 0 saturated heterocycles. The zero-order valence-electron chi connectivity index (χ0n) is 7.27. The average Bonchev–Trinajstić information content (AvgIpc) is 2.14. The van der Waals surface area contributed by atoms with Crippen molar-refractivity contribution < 1.29 is 18.3 Å². The first-order valence-electron chi connectivity index (χ1n) is 3.80. The van der Waals surface area contributed by atoms with Crippen LogP contribution in [0.25, 0.3) is 0 Å². The van der Waals surface area contributed by atoms with Crippen LogP contribution in [0.15, 0.2) is 12.1 Å². The molecular weight excluding hydrogens is 322 g/mol. The normalized spacial score (nSPS) is 11.2. The van der Waals surface area contributed by atoms with Gasteiger partial charge in [0.2, 0.25) is 0 Å². The van der Waals surface area contributed by atoms with Crippen LogP contribution in [0.1, 0.15) is 16.7 Å². The maximum atomic E-state index is 12.5. The first-order chi connectivity index (χ1) is 6.90. The lowest BCUT2D eigenvalue weighted by molar-refractivity contribution is -0.139. The summed E-state index contributed by atoms with van der Waals surface area (Å²) in [6, 6.07) is 3.93. The minimum atomic E-state index is -4.51. The van der Waals surface area contributed by atoms with Crippen molar-refractivity contribution in [1.82, 2.24) is 0 Å². The lowest BCUT2D eigenvalue weighted by atomic mass is 10.0. The second kappa shape index (κ2) is 4.37. The standard InChI is InChI=1S/C9H5F3INO/c10-9(11,12)8-6(4-15)1-5(3-14)2-7(8)13/h1-2,15H,4H2. The molecular formula is C9H5F3INO. The van der Waals surface area contributed by atoms with E-state index in [2.05, 4.69) is 0 Å². The summed E-state index contributed by atoms with van der Waals surface area (Å²) in [6.45, 7) is -0.736. The Morgan fingerprint density at radius 1 is 1.40 bits per heavy atom. The Balaban J connectivity index is 3.46. The van der Waals surface area contributed by atoms with Gasteiger partial charge in [0.25, 0.3) is 0 Å². The molecule has 0 amide bonds. The van der Waals surface area contributed by atoms with Crippen LogP contribution in [0.4, 0.5) is 13.2 Å². The highest BCUT2D eigenvalue weighted by Crippen LogP contribution is 2.36. The van der Waals surface area contributed by atoms with Gasteiger partial charge >= 0.3 is 6.18 Å². The van der Waals surface area contributed by atoms with Gasteiger partial charge in [-0.2, -0.15) is 18.4 Å². The van der Waals surface area contributed by atoms with Crippen LogP contribution < -0.4 is 0 Å². The molecule has 0 aliphatic rings. The molecule has 80 valence electrons. The first kappa shape index (κ1) is 12.3. The summed E-state index contributed by atoms with van der Waals surface area (Å²) in [5.41, 5.74) is -1.04. The highest BCUT2D eigenvalue weighted by atomic mass is 127. The maximum absolute atomic E-state index is 12.5. The summed E-state index contributed by atoms with van der Waals surface area (Å²) in [6.07, 6.45) is -4.51. The monoisotopic (exact) mass is 327 g/mol. The van der Waals surface area contributed by atoms with Gasteiger partial charge in [0.15, 0.2) is 0 Å². The molecule has 1 N–H and O–H groups in total. The van der Waals surface area contributed by atoms with Crippen molar-refractivity contribution in [3.8, 4) is 6.07 Å². The Hall–Kier alpha value is -0.810. The van der Waals surface area contributed by atoms with Crippen molar-refractivity contribution in [1.29, 1.82) is 5.26 Å². The molecule has 0 spiro atoms. The number of aliphatic hydroxyl groups excluding tert-OH is 1. The zero-order chi connectivity index (χ0) is 11.6. The van der Waals surface area contributed by atoms with Gasteiger partial charge in [-0.15, -0.1) is 0 Å². The van der Waals surface area contributed by atoms with Crippen molar-refractivity contribution in [3.05, 3.63) is 32.4 Å². The molecule has 0 aliphatic carbocycles. The minimum Gasteiger partial charge on any atom is -0.392 e. The third kappa shape index (κ3) is 2.60. The van der Waals surface area contributed by atoms with Crippen LogP contribution in [0.3, 0.4) is 0 Å². The Bertz CT molecular complexity index is 423. The summed E-state index contributed by atoms with van der Waals surface area (Å²) in [5.74, 6) is 0. The molecule has 2 nitrogen and oxygen atoms in total. The Morgan fingerprint density at radius 3 is 2.40 bits per heavy atom. The average molecular weight is 327 g/mol. The topological polar surface area (TPSA) is 44.0 Å². The number of alkyl halides is 3. The third-order valence-electron chi connectivity index (χ3n) is 1.75. The van der Waals surface area contributed by atoms with Crippen molar-refractivity contribution in [3.63, 3.8) is 0 Å². The van der Waals surface area contributed by atoms with Gasteiger partial charge < -0.3 is 5.11 Å². The van der Waals surface area contributed by atoms with Crippen LogP contribution in [0.5, 0.6) is 0 Å². The SMILES string of the molecule is N#Cc1cc(I)c(C(F)(F)F)c(CO)c1. The molecule has 0 fully saturated rings. The van der Waals surface area contributed by atoms with E-state index in [9.17, 15) is 13.2 Å². The summed E-state index contributed by atoms with van der Waals surface area (Å²) < 4.78 is 37.5. The Morgan fingerprint density at radius 2 is 2.00 bits per heavy atom. The van der Waals surface area contributed by atoms with Gasteiger partial charge in [0.05, 0.1) is 23.8 Å². The zero-order valence-corrected chi connectivity index (χ0v) is 9.43. The molecule has 0 aromatic heterocycles. The number of aliphatic hydroxyl groups is 1. The Kier molecular flexibility index (Phi) is 3.57. The highest BCUT2D eigenvalue weighted by molar-refractivity contribution is 14.1. The van der Waals surface area contributed by atoms with Crippen molar-refractivity contribution in [2.24, 2.45) is 0 Å². The molecule has 0 unspecified atom stereocenters. The van der Waals surface area contributed by atoms with E-state index in [0.29, 0.717) is 0 Å². The van der Waals surface area contributed by atoms with Crippen molar-refractivity contribution in [2.45, 2.75) is 12.8 Å². The molecule has 1 aromatic carbocycles. The second-order valence-corrected chi connectivity index (χ2v) is 3.92. The Labute approximate surface area is 97.5 Å². The van der Waals surface area contributed by atoms with E-state index in [1.165, 1.54) is 22.6 Å². The number of hydrogen-bond acceptors (Lipinski definition) is 2. The molecule has 0 atom stereocenters. The number of hydrogen-bond donors (Lipinski definition) is 1. The van der Waals surface area contributed by atoms with Gasteiger partial charge in [-0.3, -0.25) is 0 Å². The van der Waals surface area contributed by atoms with Gasteiger partial charge in [0.1, 0.15) is 0 Å². The lowest BCUT2D eigenvalue weighted by Gasteiger charge is -2.13. The van der Waals surface area contributed by atoms with E-state index >= 15 is 0 Å². The summed E-state index contributed by atoms with van der Waals surface area (Å²) in [4.78, 5) is 0. The third-order valence-corrected chi connectivity index (χ3v) is 2.61. The lowest BCUT2D eigenvalue weighted by Crippen LogP contribution is -2.12. The molecule has 1 rings (SSSR count). The van der Waals surface area contributed by atoms with E-state index in [0.717, 1.165) is 12.1 Å². The fraction of sp³-hybridized carbons (Fsp3) is 0.222. The number of halogens is 4. The van der Waals surface area contributed by atoms with Crippen LogP contribution in [0, 0.1) is 14.9 Å². The number of nitrogens with zero attached hydrogens (tertiary/aromatic N) is 1. The number of rotatable bonds is 1. The largest absolute Gasteiger partial charge is 0.417 e. The van der Waals surface area contributed by atoms with Crippen LogP contribution in [0.2, 0.25) is 0 Å². The predicted molar refractivity (Wildman–Crippen MR) is 54.8 cm³/mol. The predicted octanol–water partition coefficient (Wildman–Crippen LogP) is 2.67. The number of benzene rings is 1. The fourth-order valence-electron chi connectivity index (χ4n) is 1.17. The van der Waals surface area contributed by atoms with Crippen LogP contribution in [-0.4, -0.2) is 5.11 Å². The quantitative estimate of drug-likeness (QED) is 0.806. The van der Waals surface area contributed by atoms with E-state index < -0.39 is 18.3 Å². The number of nitriles is 1. The van der Waals surface area contributed by atoms with Crippen LogP contribution in [-0.2, 0) is 12.8 Å². The molecule has 0 saturated carbocycles. The molecule has 0 heterocycles. The smallest absolute Gasteiger partial charge is 0.392 e. The van der Waals surface area contributed by atoms with Crippen molar-refractivity contribution >= 4 is 22.6 Å². The molecule has 15 heavy (non-hydrogen) atoms. The van der Waals surface area contributed by atoms with Crippen molar-refractivity contribution in [2.75, 3.05) is 0 Å². The van der Waals surface area contributed by atoms with E-state index in [1.54, 1.807) is 6.07 Å². The molecule has 6 heteroatoms. The highest BCUT2D eigenvalue weighted by Gasteiger charge is 2.35. The second-order valence-electron chi connectivity index (χ2n) is 2.76. The van der Waals surface area contributed by atoms with Crippen LogP contribution >= 0.6 is 22.6 Å². The first-order valence-corrected chi connectivity index (χ1v) is 4.88. The molecule has 0 radical (unpaired) electrons. The van der Waals surface area contributed by atoms with Gasteiger partial charge in [-0.25, -0.2) is 0 Å². The van der Waals surface area contributed by atoms with Gasteiger partial charge in [-0.1, -0.05) is 0 Å². The molecule has 1 aromatic rings. The van der Waals surface area contributed by atoms with Gasteiger partial charge in [0, 0.05) is 3.57 Å². The summed E-state index contributed by atoms with van der Waals surface area (Å²) in [7, 11) is 0. The van der Waals surface area contributed by atoms with Gasteiger partial charge in [-0.05, 0) is 40.3 Å². The molecule has 0 bridgehead atoms.